The maximum absolute atomic E-state index is 12.5. The maximum Gasteiger partial charge on any atom is 0.235 e. The largest absolute Gasteiger partial charge is 0.493 e. The van der Waals surface area contributed by atoms with Crippen LogP contribution in [0, 0.1) is 5.41 Å². The van der Waals surface area contributed by atoms with Gasteiger partial charge < -0.3 is 24.8 Å². The summed E-state index contributed by atoms with van der Waals surface area (Å²) in [5, 5.41) is 5.67. The molecule has 0 aromatic heterocycles. The summed E-state index contributed by atoms with van der Waals surface area (Å²) < 4.78 is 15.4. The van der Waals surface area contributed by atoms with Crippen molar-refractivity contribution in [1.82, 2.24) is 10.6 Å². The number of hydrogen-bond donors (Lipinski definition) is 2. The Kier molecular flexibility index (Phi) is 6.64. The Morgan fingerprint density at radius 3 is 2.32 bits per heavy atom. The second-order valence-electron chi connectivity index (χ2n) is 6.06. The predicted octanol–water partition coefficient (Wildman–Crippen LogP) is 1.25. The predicted molar refractivity (Wildman–Crippen MR) is 92.6 cm³/mol. The van der Waals surface area contributed by atoms with Crippen molar-refractivity contribution in [3.05, 3.63) is 23.8 Å². The van der Waals surface area contributed by atoms with Crippen molar-refractivity contribution in [2.45, 2.75) is 25.8 Å². The highest BCUT2D eigenvalue weighted by atomic mass is 16.5. The number of carbonyl (C=O) groups is 2. The Balaban J connectivity index is 1.88. The first kappa shape index (κ1) is 19.1. The molecule has 0 bridgehead atoms. The number of amides is 2. The summed E-state index contributed by atoms with van der Waals surface area (Å²) >= 11 is 0. The highest BCUT2D eigenvalue weighted by Crippen LogP contribution is 2.46. The minimum absolute atomic E-state index is 0.201. The van der Waals surface area contributed by atoms with E-state index in [2.05, 4.69) is 10.6 Å². The van der Waals surface area contributed by atoms with Crippen molar-refractivity contribution in [2.75, 3.05) is 34.5 Å². The van der Waals surface area contributed by atoms with Crippen LogP contribution in [0.2, 0.25) is 0 Å². The molecule has 2 rings (SSSR count). The normalized spacial score (nSPS) is 14.5. The lowest BCUT2D eigenvalue weighted by atomic mass is 10.0. The fraction of sp³-hybridized carbons (Fsp3) is 0.556. The van der Waals surface area contributed by atoms with Gasteiger partial charge in [0.1, 0.15) is 5.41 Å². The lowest BCUT2D eigenvalue weighted by Gasteiger charge is -2.16. The van der Waals surface area contributed by atoms with Gasteiger partial charge in [0.2, 0.25) is 11.8 Å². The van der Waals surface area contributed by atoms with Crippen LogP contribution in [0.1, 0.15) is 24.8 Å². The van der Waals surface area contributed by atoms with Crippen molar-refractivity contribution in [3.63, 3.8) is 0 Å². The van der Waals surface area contributed by atoms with E-state index in [0.717, 1.165) is 12.0 Å². The second-order valence-corrected chi connectivity index (χ2v) is 6.06. The summed E-state index contributed by atoms with van der Waals surface area (Å²) in [6, 6.07) is 5.45. The van der Waals surface area contributed by atoms with E-state index in [1.165, 1.54) is 0 Å². The van der Waals surface area contributed by atoms with E-state index in [1.54, 1.807) is 27.4 Å². The van der Waals surface area contributed by atoms with Crippen molar-refractivity contribution in [3.8, 4) is 11.5 Å². The van der Waals surface area contributed by atoms with Crippen LogP contribution in [0.15, 0.2) is 18.2 Å². The molecule has 0 aliphatic heterocycles. The molecule has 2 amide bonds. The van der Waals surface area contributed by atoms with Gasteiger partial charge in [-0.1, -0.05) is 6.07 Å². The monoisotopic (exact) mass is 350 g/mol. The van der Waals surface area contributed by atoms with E-state index < -0.39 is 5.41 Å². The van der Waals surface area contributed by atoms with Gasteiger partial charge in [0.05, 0.1) is 14.2 Å². The Morgan fingerprint density at radius 2 is 1.72 bits per heavy atom. The number of ether oxygens (including phenoxy) is 3. The third kappa shape index (κ3) is 4.63. The topological polar surface area (TPSA) is 85.9 Å². The lowest BCUT2D eigenvalue weighted by molar-refractivity contribution is -0.137. The van der Waals surface area contributed by atoms with E-state index in [9.17, 15) is 9.59 Å². The van der Waals surface area contributed by atoms with Gasteiger partial charge in [-0.05, 0) is 37.0 Å². The molecule has 0 saturated heterocycles. The zero-order valence-corrected chi connectivity index (χ0v) is 15.0. The molecule has 1 aliphatic carbocycles. The highest BCUT2D eigenvalue weighted by Gasteiger charge is 2.56. The summed E-state index contributed by atoms with van der Waals surface area (Å²) in [6.45, 7) is 1.42. The van der Waals surface area contributed by atoms with Crippen molar-refractivity contribution in [2.24, 2.45) is 5.41 Å². The molecule has 0 atom stereocenters. The van der Waals surface area contributed by atoms with E-state index in [4.69, 9.17) is 14.2 Å². The molecule has 1 fully saturated rings. The van der Waals surface area contributed by atoms with Crippen molar-refractivity contribution in [1.29, 1.82) is 0 Å². The fourth-order valence-corrected chi connectivity index (χ4v) is 2.61. The van der Waals surface area contributed by atoms with Crippen molar-refractivity contribution >= 4 is 11.8 Å². The fourth-order valence-electron chi connectivity index (χ4n) is 2.61. The average Bonchev–Trinajstić information content (AvgIpc) is 3.44. The summed E-state index contributed by atoms with van der Waals surface area (Å²) in [5.74, 6) is 0.804. The summed E-state index contributed by atoms with van der Waals surface area (Å²) in [5.41, 5.74) is -0.0359. The standard InChI is InChI=1S/C18H26N2O5/c1-23-10-4-9-19-16(21)18(7-8-18)17(22)20-12-13-5-6-14(24-2)15(11-13)25-3/h5-6,11H,4,7-10,12H2,1-3H3,(H,19,21)(H,20,22). The van der Waals surface area contributed by atoms with Crippen molar-refractivity contribution < 1.29 is 23.8 Å². The number of methoxy groups -OCH3 is 3. The molecule has 0 unspecified atom stereocenters. The average molecular weight is 350 g/mol. The lowest BCUT2D eigenvalue weighted by Crippen LogP contribution is -2.43. The number of benzene rings is 1. The highest BCUT2D eigenvalue weighted by molar-refractivity contribution is 6.07. The third-order valence-electron chi connectivity index (χ3n) is 4.33. The smallest absolute Gasteiger partial charge is 0.235 e. The zero-order chi connectivity index (χ0) is 18.3. The van der Waals surface area contributed by atoms with Crippen LogP contribution in [-0.2, 0) is 20.9 Å². The van der Waals surface area contributed by atoms with Gasteiger partial charge in [-0.3, -0.25) is 9.59 Å². The first-order chi connectivity index (χ1) is 12.1. The van der Waals surface area contributed by atoms with Crippen LogP contribution < -0.4 is 20.1 Å². The van der Waals surface area contributed by atoms with Gasteiger partial charge >= 0.3 is 0 Å². The number of nitrogens with one attached hydrogen (secondary N) is 2. The van der Waals surface area contributed by atoms with Gasteiger partial charge in [0.25, 0.3) is 0 Å². The first-order valence-electron chi connectivity index (χ1n) is 8.34. The molecular weight excluding hydrogens is 324 g/mol. The molecule has 1 saturated carbocycles. The van der Waals surface area contributed by atoms with Gasteiger partial charge in [-0.15, -0.1) is 0 Å². The number of rotatable bonds is 10. The minimum atomic E-state index is -0.913. The molecule has 2 N–H and O–H groups in total. The summed E-state index contributed by atoms with van der Waals surface area (Å²) in [7, 11) is 4.75. The molecule has 1 aromatic rings. The maximum atomic E-state index is 12.5. The van der Waals surface area contributed by atoms with E-state index >= 15 is 0 Å². The molecule has 1 aromatic carbocycles. The van der Waals surface area contributed by atoms with Gasteiger partial charge in [0.15, 0.2) is 11.5 Å². The van der Waals surface area contributed by atoms with E-state index in [-0.39, 0.29) is 11.8 Å². The zero-order valence-electron chi connectivity index (χ0n) is 15.0. The minimum Gasteiger partial charge on any atom is -0.493 e. The molecule has 0 radical (unpaired) electrons. The van der Waals surface area contributed by atoms with Gasteiger partial charge in [0, 0.05) is 26.8 Å². The Morgan fingerprint density at radius 1 is 1.04 bits per heavy atom. The first-order valence-corrected chi connectivity index (χ1v) is 8.34. The molecule has 7 nitrogen and oxygen atoms in total. The molecular formula is C18H26N2O5. The van der Waals surface area contributed by atoms with Crippen LogP contribution in [0.3, 0.4) is 0 Å². The molecule has 7 heteroatoms. The molecule has 25 heavy (non-hydrogen) atoms. The van der Waals surface area contributed by atoms with Gasteiger partial charge in [-0.2, -0.15) is 0 Å². The Labute approximate surface area is 148 Å². The Bertz CT molecular complexity index is 613. The molecule has 0 heterocycles. The van der Waals surface area contributed by atoms with E-state index in [1.807, 2.05) is 12.1 Å². The van der Waals surface area contributed by atoms with Crippen LogP contribution in [0.25, 0.3) is 0 Å². The molecule has 138 valence electrons. The summed E-state index contributed by atoms with van der Waals surface area (Å²) in [4.78, 5) is 24.7. The summed E-state index contributed by atoms with van der Waals surface area (Å²) in [6.07, 6.45) is 1.90. The van der Waals surface area contributed by atoms with Crippen LogP contribution >= 0.6 is 0 Å². The molecule has 1 aliphatic rings. The van der Waals surface area contributed by atoms with Crippen LogP contribution in [0.5, 0.6) is 11.5 Å². The quantitative estimate of drug-likeness (QED) is 0.490. The second kappa shape index (κ2) is 8.71. The Hall–Kier alpha value is -2.28. The molecule has 0 spiro atoms. The SMILES string of the molecule is COCCCNC(=O)C1(C(=O)NCc2ccc(OC)c(OC)c2)CC1. The van der Waals surface area contributed by atoms with Crippen LogP contribution in [0.4, 0.5) is 0 Å². The number of carbonyl (C=O) groups excluding carboxylic acids is 2. The van der Waals surface area contributed by atoms with Gasteiger partial charge in [-0.25, -0.2) is 0 Å². The third-order valence-corrected chi connectivity index (χ3v) is 4.33. The number of hydrogen-bond acceptors (Lipinski definition) is 5. The van der Waals surface area contributed by atoms with Crippen LogP contribution in [-0.4, -0.2) is 46.3 Å². The van der Waals surface area contributed by atoms with E-state index in [0.29, 0.717) is 44.0 Å².